The Morgan fingerprint density at radius 1 is 1.10 bits per heavy atom. The van der Waals surface area contributed by atoms with Crippen LogP contribution in [0.3, 0.4) is 0 Å². The third-order valence-electron chi connectivity index (χ3n) is 4.66. The summed E-state index contributed by atoms with van der Waals surface area (Å²) in [7, 11) is -4.22. The van der Waals surface area contributed by atoms with Crippen molar-refractivity contribution >= 4 is 68.0 Å². The molecule has 29 heavy (non-hydrogen) atoms. The fraction of sp³-hybridized carbons (Fsp3) is 0.562. The number of alkyl halides is 6. The van der Waals surface area contributed by atoms with Crippen LogP contribution in [0.15, 0.2) is 18.2 Å². The lowest BCUT2D eigenvalue weighted by Crippen LogP contribution is -2.54. The first-order valence-corrected chi connectivity index (χ1v) is 11.5. The molecule has 2 rings (SSSR count). The lowest BCUT2D eigenvalue weighted by Gasteiger charge is -2.38. The van der Waals surface area contributed by atoms with Gasteiger partial charge in [-0.05, 0) is 31.0 Å². The number of amides is 1. The first-order chi connectivity index (χ1) is 13.1. The fourth-order valence-electron chi connectivity index (χ4n) is 3.45. The number of carbonyl (C=O) groups excluding carboxylic acids is 1. The summed E-state index contributed by atoms with van der Waals surface area (Å²) in [6.07, 6.45) is -3.25. The van der Waals surface area contributed by atoms with Crippen molar-refractivity contribution in [1.82, 2.24) is 0 Å². The smallest absolute Gasteiger partial charge is 0.304 e. The van der Waals surface area contributed by atoms with Crippen LogP contribution < -0.4 is 10.0 Å². The molecular weight excluding hydrogens is 499 g/mol. The van der Waals surface area contributed by atoms with Crippen LogP contribution >= 0.6 is 46.4 Å². The first kappa shape index (κ1) is 24.8. The molecule has 5 nitrogen and oxygen atoms in total. The summed E-state index contributed by atoms with van der Waals surface area (Å²) in [5.74, 6) is -1.31. The molecule has 0 aromatic heterocycles. The number of nitrogens with two attached hydrogens (primary N) is 1. The van der Waals surface area contributed by atoms with Crippen molar-refractivity contribution < 1.29 is 26.4 Å². The molecular formula is C16H17Cl4F3N2O3S. The number of carbonyl (C=O) groups is 1. The van der Waals surface area contributed by atoms with Gasteiger partial charge in [0.1, 0.15) is 0 Å². The highest BCUT2D eigenvalue weighted by Crippen LogP contribution is 2.43. The highest BCUT2D eigenvalue weighted by Gasteiger charge is 2.47. The average Bonchev–Trinajstić information content (AvgIpc) is 2.80. The van der Waals surface area contributed by atoms with Gasteiger partial charge in [-0.1, -0.05) is 65.7 Å². The zero-order valence-corrected chi connectivity index (χ0v) is 18.6. The molecule has 1 amide bonds. The normalized spacial score (nSPS) is 21.5. The lowest BCUT2D eigenvalue weighted by atomic mass is 10.0. The van der Waals surface area contributed by atoms with Crippen molar-refractivity contribution in [2.24, 2.45) is 5.14 Å². The van der Waals surface area contributed by atoms with Crippen LogP contribution in [0.1, 0.15) is 37.7 Å². The summed E-state index contributed by atoms with van der Waals surface area (Å²) in [5, 5.41) is 3.78. The minimum atomic E-state index is -4.91. The molecule has 0 heterocycles. The monoisotopic (exact) mass is 514 g/mol. The van der Waals surface area contributed by atoms with E-state index in [1.54, 1.807) is 0 Å². The van der Waals surface area contributed by atoms with E-state index >= 15 is 0 Å². The predicted molar refractivity (Wildman–Crippen MR) is 108 cm³/mol. The molecule has 0 spiro atoms. The van der Waals surface area contributed by atoms with E-state index < -0.39 is 48.4 Å². The number of rotatable bonds is 3. The van der Waals surface area contributed by atoms with Crippen LogP contribution in [0.4, 0.5) is 18.9 Å². The number of nitrogens with zero attached hydrogens (tertiary/aromatic N) is 1. The van der Waals surface area contributed by atoms with Crippen LogP contribution in [-0.2, 0) is 21.0 Å². The molecule has 0 radical (unpaired) electrons. The maximum absolute atomic E-state index is 13.7. The fourth-order valence-corrected chi connectivity index (χ4v) is 5.09. The second kappa shape index (κ2) is 8.96. The Hall–Kier alpha value is -0.450. The number of primary sulfonamides is 1. The first-order valence-electron chi connectivity index (χ1n) is 8.43. The van der Waals surface area contributed by atoms with Crippen molar-refractivity contribution in [3.63, 3.8) is 0 Å². The minimum Gasteiger partial charge on any atom is -0.304 e. The number of benzene rings is 1. The summed E-state index contributed by atoms with van der Waals surface area (Å²) in [4.78, 5) is 13.5. The molecule has 2 N–H and O–H groups in total. The summed E-state index contributed by atoms with van der Waals surface area (Å²) in [5.41, 5.74) is -1.91. The molecule has 164 valence electrons. The molecule has 1 aliphatic rings. The van der Waals surface area contributed by atoms with Crippen LogP contribution in [0.5, 0.6) is 0 Å². The van der Waals surface area contributed by atoms with E-state index in [1.807, 2.05) is 0 Å². The van der Waals surface area contributed by atoms with E-state index in [9.17, 15) is 26.4 Å². The van der Waals surface area contributed by atoms with Crippen molar-refractivity contribution in [2.75, 3.05) is 4.90 Å². The predicted octanol–water partition coefficient (Wildman–Crippen LogP) is 5.05. The molecule has 2 unspecified atom stereocenters. The van der Waals surface area contributed by atoms with Gasteiger partial charge in [-0.3, -0.25) is 4.79 Å². The molecule has 13 heteroatoms. The number of halogens is 7. The van der Waals surface area contributed by atoms with Crippen molar-refractivity contribution in [1.29, 1.82) is 0 Å². The summed E-state index contributed by atoms with van der Waals surface area (Å²) in [6.45, 7) is 0. The number of hydrogen-bond acceptors (Lipinski definition) is 3. The van der Waals surface area contributed by atoms with E-state index in [2.05, 4.69) is 0 Å². The number of sulfonamides is 1. The molecule has 0 bridgehead atoms. The second-order valence-electron chi connectivity index (χ2n) is 6.66. The van der Waals surface area contributed by atoms with E-state index in [0.29, 0.717) is 30.2 Å². The SMILES string of the molecule is NS(=O)(=O)C1CCCCCC1N(C(=O)C(Cl)(Cl)Cl)c1ccc(Cl)cc1C(F)(F)F. The summed E-state index contributed by atoms with van der Waals surface area (Å²) < 4.78 is 62.8. The highest BCUT2D eigenvalue weighted by molar-refractivity contribution is 7.89. The van der Waals surface area contributed by atoms with Gasteiger partial charge < -0.3 is 4.90 Å². The Morgan fingerprint density at radius 3 is 2.21 bits per heavy atom. The van der Waals surface area contributed by atoms with E-state index in [0.717, 1.165) is 12.1 Å². The van der Waals surface area contributed by atoms with Crippen LogP contribution in [-0.4, -0.2) is 29.4 Å². The maximum Gasteiger partial charge on any atom is 0.418 e. The Bertz CT molecular complexity index is 875. The third-order valence-corrected chi connectivity index (χ3v) is 6.77. The Kier molecular flexibility index (Phi) is 7.67. The zero-order chi connectivity index (χ0) is 22.2. The molecule has 0 saturated heterocycles. The van der Waals surface area contributed by atoms with Gasteiger partial charge in [-0.15, -0.1) is 0 Å². The number of hydrogen-bond donors (Lipinski definition) is 1. The topological polar surface area (TPSA) is 80.5 Å². The van der Waals surface area contributed by atoms with Crippen molar-refractivity contribution in [2.45, 2.75) is 53.4 Å². The van der Waals surface area contributed by atoms with E-state index in [-0.39, 0.29) is 17.9 Å². The van der Waals surface area contributed by atoms with Gasteiger partial charge in [0.05, 0.1) is 22.5 Å². The van der Waals surface area contributed by atoms with E-state index in [1.165, 1.54) is 0 Å². The van der Waals surface area contributed by atoms with E-state index in [4.69, 9.17) is 51.5 Å². The van der Waals surface area contributed by atoms with Gasteiger partial charge in [-0.2, -0.15) is 13.2 Å². The largest absolute Gasteiger partial charge is 0.418 e. The molecule has 0 aliphatic heterocycles. The summed E-state index contributed by atoms with van der Waals surface area (Å²) >= 11 is 22.8. The van der Waals surface area contributed by atoms with Crippen molar-refractivity contribution in [3.05, 3.63) is 28.8 Å². The highest BCUT2D eigenvalue weighted by atomic mass is 35.6. The third kappa shape index (κ3) is 6.04. The average molecular weight is 516 g/mol. The standard InChI is InChI=1S/C16H17Cl4F3N2O3S/c17-9-6-7-11(10(8-9)16(21,22)23)25(14(26)15(18,19)20)12-4-2-1-3-5-13(12)29(24,27)28/h6-8,12-13H,1-5H2,(H2,24,27,28). The lowest BCUT2D eigenvalue weighted by molar-refractivity contribution is -0.137. The molecule has 2 atom stereocenters. The quantitative estimate of drug-likeness (QED) is 0.451. The Morgan fingerprint density at radius 2 is 1.69 bits per heavy atom. The zero-order valence-electron chi connectivity index (χ0n) is 14.7. The second-order valence-corrected chi connectivity index (χ2v) is 11.2. The maximum atomic E-state index is 13.7. The van der Waals surface area contributed by atoms with Gasteiger partial charge in [0.25, 0.3) is 9.70 Å². The molecule has 1 aliphatic carbocycles. The van der Waals surface area contributed by atoms with Crippen LogP contribution in [0.2, 0.25) is 5.02 Å². The summed E-state index contributed by atoms with van der Waals surface area (Å²) in [6, 6.07) is 1.45. The van der Waals surface area contributed by atoms with Crippen LogP contribution in [0.25, 0.3) is 0 Å². The van der Waals surface area contributed by atoms with Crippen LogP contribution in [0, 0.1) is 0 Å². The minimum absolute atomic E-state index is 0.0576. The van der Waals surface area contributed by atoms with Crippen molar-refractivity contribution in [3.8, 4) is 0 Å². The molecule has 1 aromatic rings. The molecule has 1 fully saturated rings. The molecule has 1 aromatic carbocycles. The van der Waals surface area contributed by atoms with Gasteiger partial charge in [0.2, 0.25) is 10.0 Å². The van der Waals surface area contributed by atoms with Gasteiger partial charge >= 0.3 is 6.18 Å². The number of anilines is 1. The van der Waals surface area contributed by atoms with Gasteiger partial charge in [0.15, 0.2) is 0 Å². The Balaban J connectivity index is 2.76. The molecule has 1 saturated carbocycles. The van der Waals surface area contributed by atoms with Gasteiger partial charge in [-0.25, -0.2) is 13.6 Å². The Labute approximate surface area is 186 Å². The van der Waals surface area contributed by atoms with Gasteiger partial charge in [0, 0.05) is 5.02 Å².